The van der Waals surface area contributed by atoms with Crippen LogP contribution in [0, 0.1) is 6.92 Å². The number of hydrogen-bond acceptors (Lipinski definition) is 2. The second kappa shape index (κ2) is 8.76. The maximum atomic E-state index is 12.0. The molecule has 0 amide bonds. The first-order valence-corrected chi connectivity index (χ1v) is 13.8. The molecule has 0 radical (unpaired) electrons. The zero-order valence-electron chi connectivity index (χ0n) is 17.3. The van der Waals surface area contributed by atoms with Crippen molar-refractivity contribution < 1.29 is 13.0 Å². The van der Waals surface area contributed by atoms with Crippen LogP contribution in [0.4, 0.5) is 0 Å². The topological polar surface area (TPSA) is 54.4 Å². The molecule has 4 aromatic carbocycles. The summed E-state index contributed by atoms with van der Waals surface area (Å²) >= 11 is 0. The summed E-state index contributed by atoms with van der Waals surface area (Å²) in [4.78, 5) is -0.0716. The molecular formula is C26H25O3PS. The average molecular weight is 449 g/mol. The predicted molar refractivity (Wildman–Crippen MR) is 131 cm³/mol. The van der Waals surface area contributed by atoms with Gasteiger partial charge in [0.05, 0.1) is 0 Å². The minimum atomic E-state index is -4.31. The molecule has 31 heavy (non-hydrogen) atoms. The van der Waals surface area contributed by atoms with Crippen LogP contribution < -0.4 is 15.9 Å². The molecule has 5 heteroatoms. The first-order valence-electron chi connectivity index (χ1n) is 10.1. The summed E-state index contributed by atoms with van der Waals surface area (Å²) in [7, 11) is -6.97. The van der Waals surface area contributed by atoms with Crippen LogP contribution in [0.3, 0.4) is 0 Å². The van der Waals surface area contributed by atoms with Crippen LogP contribution in [0.25, 0.3) is 0 Å². The van der Waals surface area contributed by atoms with Crippen molar-refractivity contribution in [3.8, 4) is 0 Å². The molecule has 0 heterocycles. The molecule has 0 aromatic heterocycles. The van der Waals surface area contributed by atoms with E-state index >= 15 is 0 Å². The van der Waals surface area contributed by atoms with Gasteiger partial charge in [-0.3, -0.25) is 0 Å². The molecule has 0 bridgehead atoms. The van der Waals surface area contributed by atoms with Gasteiger partial charge in [-0.25, -0.2) is 0 Å². The van der Waals surface area contributed by atoms with E-state index in [0.717, 1.165) is 11.5 Å². The average Bonchev–Trinajstić information content (AvgIpc) is 2.79. The van der Waals surface area contributed by atoms with Crippen molar-refractivity contribution in [1.29, 1.82) is 0 Å². The first-order chi connectivity index (χ1) is 14.9. The molecule has 0 aliphatic carbocycles. The molecule has 0 aliphatic heterocycles. The number of aryl methyl sites for hydroxylation is 1. The summed E-state index contributed by atoms with van der Waals surface area (Å²) in [6.45, 7) is 2.07. The molecule has 158 valence electrons. The molecule has 4 aromatic rings. The fraction of sp³-hybridized carbons (Fsp3) is 0.0769. The van der Waals surface area contributed by atoms with Crippen LogP contribution in [-0.4, -0.2) is 13.0 Å². The Labute approximate surface area is 184 Å². The van der Waals surface area contributed by atoms with E-state index in [1.807, 2.05) is 42.5 Å². The van der Waals surface area contributed by atoms with Crippen molar-refractivity contribution in [3.05, 3.63) is 120 Å². The Morgan fingerprint density at radius 2 is 1.19 bits per heavy atom. The molecular weight excluding hydrogens is 423 g/mol. The Hall–Kier alpha value is -2.78. The summed E-state index contributed by atoms with van der Waals surface area (Å²) in [6.07, 6.45) is 0.774. The SMILES string of the molecule is Cc1ccc(C[PH](c2ccccc2)(c2ccccc2)c2cccc(S(=O)(=O)O)c2)cc1. The molecule has 1 N–H and O–H groups in total. The van der Waals surface area contributed by atoms with Gasteiger partial charge in [-0.05, 0) is 0 Å². The number of benzene rings is 4. The van der Waals surface area contributed by atoms with Crippen molar-refractivity contribution in [2.45, 2.75) is 18.0 Å². The van der Waals surface area contributed by atoms with E-state index < -0.39 is 17.4 Å². The van der Waals surface area contributed by atoms with Crippen molar-refractivity contribution in [1.82, 2.24) is 0 Å². The molecule has 4 rings (SSSR count). The third-order valence-corrected chi connectivity index (χ3v) is 11.5. The quantitative estimate of drug-likeness (QED) is 0.350. The molecule has 0 fully saturated rings. The Bertz CT molecular complexity index is 1230. The summed E-state index contributed by atoms with van der Waals surface area (Å²) < 4.78 is 33.6. The van der Waals surface area contributed by atoms with Crippen LogP contribution in [0.5, 0.6) is 0 Å². The van der Waals surface area contributed by atoms with E-state index in [-0.39, 0.29) is 4.90 Å². The van der Waals surface area contributed by atoms with Gasteiger partial charge in [-0.1, -0.05) is 0 Å². The van der Waals surface area contributed by atoms with Crippen LogP contribution in [0.2, 0.25) is 0 Å². The Morgan fingerprint density at radius 3 is 1.71 bits per heavy atom. The second-order valence-corrected chi connectivity index (χ2v) is 13.1. The van der Waals surface area contributed by atoms with E-state index in [2.05, 4.69) is 55.5 Å². The van der Waals surface area contributed by atoms with Crippen molar-refractivity contribution in [2.24, 2.45) is 0 Å². The van der Waals surface area contributed by atoms with Crippen LogP contribution >= 0.6 is 7.26 Å². The molecule has 0 aliphatic rings. The van der Waals surface area contributed by atoms with E-state index in [1.54, 1.807) is 12.1 Å². The fourth-order valence-corrected chi connectivity index (χ4v) is 9.58. The van der Waals surface area contributed by atoms with E-state index in [9.17, 15) is 13.0 Å². The fourth-order valence-electron chi connectivity index (χ4n) is 4.19. The monoisotopic (exact) mass is 448 g/mol. The number of hydrogen-bond donors (Lipinski definition) is 1. The zero-order valence-corrected chi connectivity index (χ0v) is 19.1. The molecule has 0 spiro atoms. The van der Waals surface area contributed by atoms with Gasteiger partial charge in [0, 0.05) is 0 Å². The summed E-state index contributed by atoms with van der Waals surface area (Å²) in [6, 6.07) is 36.0. The standard InChI is InChI=1S/C26H25O3PS/c1-21-15-17-22(18-16-21)20-30(23-9-4-2-5-10-23,24-11-6-3-7-12-24)25-13-8-14-26(19-25)31(27,28)29/h2-19,30H,20H2,1H3,(H,27,28,29). The van der Waals surface area contributed by atoms with Gasteiger partial charge in [0.1, 0.15) is 0 Å². The molecule has 3 nitrogen and oxygen atoms in total. The van der Waals surface area contributed by atoms with E-state index in [4.69, 9.17) is 0 Å². The minimum absolute atomic E-state index is 0.0716. The number of rotatable bonds is 6. The van der Waals surface area contributed by atoms with E-state index in [1.165, 1.54) is 27.8 Å². The molecule has 0 unspecified atom stereocenters. The van der Waals surface area contributed by atoms with E-state index in [0.29, 0.717) is 0 Å². The Balaban J connectivity index is 2.04. The summed E-state index contributed by atoms with van der Waals surface area (Å²) in [5.41, 5.74) is 2.39. The summed E-state index contributed by atoms with van der Waals surface area (Å²) in [5, 5.41) is 3.32. The van der Waals surface area contributed by atoms with Gasteiger partial charge in [-0.15, -0.1) is 0 Å². The maximum absolute atomic E-state index is 12.0. The molecule has 0 atom stereocenters. The van der Waals surface area contributed by atoms with Crippen LogP contribution in [0.15, 0.2) is 114 Å². The third kappa shape index (κ3) is 4.47. The van der Waals surface area contributed by atoms with Gasteiger partial charge < -0.3 is 0 Å². The first kappa shape index (κ1) is 21.5. The molecule has 0 saturated carbocycles. The van der Waals surface area contributed by atoms with Crippen LogP contribution in [0.1, 0.15) is 11.1 Å². The van der Waals surface area contributed by atoms with Gasteiger partial charge in [0.15, 0.2) is 0 Å². The van der Waals surface area contributed by atoms with Gasteiger partial charge >= 0.3 is 185 Å². The Morgan fingerprint density at radius 1 is 0.677 bits per heavy atom. The van der Waals surface area contributed by atoms with Gasteiger partial charge in [-0.2, -0.15) is 0 Å². The van der Waals surface area contributed by atoms with Crippen molar-refractivity contribution in [3.63, 3.8) is 0 Å². The van der Waals surface area contributed by atoms with Gasteiger partial charge in [0.2, 0.25) is 0 Å². The zero-order chi connectivity index (χ0) is 21.9. The Kier molecular flexibility index (Phi) is 6.06. The predicted octanol–water partition coefficient (Wildman–Crippen LogP) is 4.47. The second-order valence-electron chi connectivity index (χ2n) is 7.80. The third-order valence-electron chi connectivity index (χ3n) is 5.75. The normalized spacial score (nSPS) is 12.5. The summed E-state index contributed by atoms with van der Waals surface area (Å²) in [5.74, 6) is 0. The van der Waals surface area contributed by atoms with Gasteiger partial charge in [0.25, 0.3) is 0 Å². The van der Waals surface area contributed by atoms with Crippen molar-refractivity contribution >= 4 is 33.3 Å². The van der Waals surface area contributed by atoms with Crippen LogP contribution in [-0.2, 0) is 16.3 Å². The molecule has 0 saturated heterocycles. The van der Waals surface area contributed by atoms with Crippen molar-refractivity contribution in [2.75, 3.05) is 0 Å².